The molecule has 316 valence electrons. The first-order valence-electron chi connectivity index (χ1n) is 23.0. The lowest BCUT2D eigenvalue weighted by molar-refractivity contribution is 0.545. The number of fused-ring (bicyclic) bond motifs is 9. The van der Waals surface area contributed by atoms with Crippen LogP contribution in [0.1, 0.15) is 66.3 Å². The van der Waals surface area contributed by atoms with Crippen molar-refractivity contribution >= 4 is 65.6 Å². The van der Waals surface area contributed by atoms with E-state index >= 15 is 0 Å². The predicted octanol–water partition coefficient (Wildman–Crippen LogP) is 16.2. The second kappa shape index (κ2) is 15.3. The summed E-state index contributed by atoms with van der Waals surface area (Å²) in [7, 11) is 0. The van der Waals surface area contributed by atoms with Gasteiger partial charge >= 0.3 is 0 Å². The maximum atomic E-state index is 6.63. The first kappa shape index (κ1) is 39.0. The van der Waals surface area contributed by atoms with Crippen LogP contribution in [0.15, 0.2) is 181 Å². The first-order chi connectivity index (χ1) is 31.8. The van der Waals surface area contributed by atoms with E-state index in [-0.39, 0.29) is 0 Å². The fraction of sp³-hybridized carbons (Fsp3) is 0.150. The molecule has 0 saturated heterocycles. The summed E-state index contributed by atoms with van der Waals surface area (Å²) in [6, 6.07) is 60.2. The normalized spacial score (nSPS) is 13.0. The molecule has 0 aliphatic carbocycles. The van der Waals surface area contributed by atoms with Crippen LogP contribution in [0.5, 0.6) is 0 Å². The van der Waals surface area contributed by atoms with Crippen LogP contribution in [0.2, 0.25) is 0 Å². The van der Waals surface area contributed by atoms with Crippen molar-refractivity contribution in [2.24, 2.45) is 0 Å². The third kappa shape index (κ3) is 6.32. The van der Waals surface area contributed by atoms with Crippen molar-refractivity contribution in [3.63, 3.8) is 0 Å². The molecule has 0 spiro atoms. The average molecular weight is 843 g/mol. The number of aryl methyl sites for hydroxylation is 3. The van der Waals surface area contributed by atoms with Gasteiger partial charge in [-0.25, -0.2) is 4.98 Å². The molecule has 0 N–H and O–H groups in total. The third-order valence-corrected chi connectivity index (χ3v) is 14.1. The van der Waals surface area contributed by atoms with Crippen molar-refractivity contribution < 1.29 is 4.42 Å². The van der Waals surface area contributed by atoms with Gasteiger partial charge in [-0.05, 0) is 128 Å². The van der Waals surface area contributed by atoms with Crippen molar-refractivity contribution in [1.82, 2.24) is 18.7 Å². The van der Waals surface area contributed by atoms with Gasteiger partial charge in [0.1, 0.15) is 17.0 Å². The summed E-state index contributed by atoms with van der Waals surface area (Å²) < 4.78 is 13.6. The first-order valence-corrected chi connectivity index (χ1v) is 23.0. The minimum Gasteiger partial charge on any atom is -0.456 e. The van der Waals surface area contributed by atoms with Crippen molar-refractivity contribution in [3.8, 4) is 28.5 Å². The Morgan fingerprint density at radius 1 is 0.523 bits per heavy atom. The molecule has 0 saturated carbocycles. The van der Waals surface area contributed by atoms with Gasteiger partial charge < -0.3 is 13.6 Å². The molecule has 12 rings (SSSR count). The molecule has 5 nitrogen and oxygen atoms in total. The highest BCUT2D eigenvalue weighted by atomic mass is 16.3. The Bertz CT molecular complexity index is 3720. The molecule has 2 atom stereocenters. The highest BCUT2D eigenvalue weighted by Gasteiger charge is 2.21. The fourth-order valence-corrected chi connectivity index (χ4v) is 11.1. The number of rotatable bonds is 9. The Hall–Kier alpha value is -7.63. The van der Waals surface area contributed by atoms with E-state index in [0.717, 1.165) is 57.5 Å². The van der Waals surface area contributed by atoms with E-state index in [4.69, 9.17) is 9.40 Å². The standard InChI is InChI=1S/C60H50N4O/c1-6-41(42-19-21-43(22-20-42)60-61-29-30-62(60)59-39(4)31-37(2)32-40(59)5)33-38(3)44-23-27-56-51(34-44)49-15-9-12-18-55(49)64(56)46-24-26-50-52-35-45(25-28-57(52)65-58(50)36-46)63-53-16-10-7-13-47(53)48-14-8-11-17-54(48)63/h7-32,34-36,38,41H,6,33H2,1-5H3. The monoisotopic (exact) mass is 842 g/mol. The van der Waals surface area contributed by atoms with Crippen LogP contribution in [0.25, 0.3) is 94.0 Å². The lowest BCUT2D eigenvalue weighted by Gasteiger charge is -2.21. The molecule has 0 bridgehead atoms. The topological polar surface area (TPSA) is 40.8 Å². The zero-order valence-corrected chi connectivity index (χ0v) is 37.5. The van der Waals surface area contributed by atoms with Crippen LogP contribution in [0.3, 0.4) is 0 Å². The minimum absolute atomic E-state index is 0.372. The molecule has 4 heterocycles. The molecular weight excluding hydrogens is 793 g/mol. The molecule has 0 radical (unpaired) electrons. The van der Waals surface area contributed by atoms with Gasteiger partial charge in [-0.2, -0.15) is 0 Å². The van der Waals surface area contributed by atoms with Crippen LogP contribution < -0.4 is 0 Å². The second-order valence-corrected chi connectivity index (χ2v) is 18.2. The molecule has 0 fully saturated rings. The van der Waals surface area contributed by atoms with Crippen molar-refractivity contribution in [3.05, 3.63) is 204 Å². The largest absolute Gasteiger partial charge is 0.456 e. The van der Waals surface area contributed by atoms with E-state index in [9.17, 15) is 0 Å². The smallest absolute Gasteiger partial charge is 0.144 e. The van der Waals surface area contributed by atoms with Gasteiger partial charge in [0, 0.05) is 67.7 Å². The van der Waals surface area contributed by atoms with Gasteiger partial charge in [-0.15, -0.1) is 0 Å². The van der Waals surface area contributed by atoms with E-state index in [1.807, 2.05) is 6.20 Å². The van der Waals surface area contributed by atoms with Crippen LogP contribution in [-0.2, 0) is 0 Å². The molecule has 12 aromatic rings. The van der Waals surface area contributed by atoms with Gasteiger partial charge in [-0.1, -0.05) is 116 Å². The van der Waals surface area contributed by atoms with Gasteiger partial charge in [0.05, 0.1) is 27.8 Å². The third-order valence-electron chi connectivity index (χ3n) is 14.1. The number of furan rings is 1. The van der Waals surface area contributed by atoms with E-state index in [2.05, 4.69) is 218 Å². The number of imidazole rings is 1. The molecule has 5 heteroatoms. The van der Waals surface area contributed by atoms with Gasteiger partial charge in [0.15, 0.2) is 0 Å². The summed E-state index contributed by atoms with van der Waals surface area (Å²) in [4.78, 5) is 4.82. The van der Waals surface area contributed by atoms with E-state index in [1.165, 1.54) is 77.1 Å². The molecule has 65 heavy (non-hydrogen) atoms. The van der Waals surface area contributed by atoms with E-state index in [0.29, 0.717) is 11.8 Å². The van der Waals surface area contributed by atoms with Crippen molar-refractivity contribution in [2.45, 2.75) is 59.3 Å². The van der Waals surface area contributed by atoms with Crippen LogP contribution in [-0.4, -0.2) is 18.7 Å². The summed E-state index contributed by atoms with van der Waals surface area (Å²) in [5.41, 5.74) is 17.7. The predicted molar refractivity (Wildman–Crippen MR) is 272 cm³/mol. The quantitative estimate of drug-likeness (QED) is 0.145. The second-order valence-electron chi connectivity index (χ2n) is 18.2. The van der Waals surface area contributed by atoms with Crippen molar-refractivity contribution in [2.75, 3.05) is 0 Å². The summed E-state index contributed by atoms with van der Waals surface area (Å²) >= 11 is 0. The molecule has 2 unspecified atom stereocenters. The summed E-state index contributed by atoms with van der Waals surface area (Å²) in [6.07, 6.45) is 6.14. The van der Waals surface area contributed by atoms with Crippen LogP contribution in [0, 0.1) is 20.8 Å². The molecule has 0 aliphatic rings. The molecule has 0 aliphatic heterocycles. The van der Waals surface area contributed by atoms with E-state index in [1.54, 1.807) is 0 Å². The Morgan fingerprint density at radius 3 is 1.77 bits per heavy atom. The lowest BCUT2D eigenvalue weighted by Crippen LogP contribution is -2.05. The zero-order valence-electron chi connectivity index (χ0n) is 37.5. The van der Waals surface area contributed by atoms with Crippen molar-refractivity contribution in [1.29, 1.82) is 0 Å². The maximum Gasteiger partial charge on any atom is 0.144 e. The summed E-state index contributed by atoms with van der Waals surface area (Å²) in [6.45, 7) is 11.3. The fourth-order valence-electron chi connectivity index (χ4n) is 11.1. The number of hydrogen-bond donors (Lipinski definition) is 0. The highest BCUT2D eigenvalue weighted by molar-refractivity contribution is 6.12. The van der Waals surface area contributed by atoms with Gasteiger partial charge in [0.25, 0.3) is 0 Å². The Labute approximate surface area is 378 Å². The molecular formula is C60H50N4O. The van der Waals surface area contributed by atoms with Gasteiger partial charge in [0.2, 0.25) is 0 Å². The molecule has 0 amide bonds. The summed E-state index contributed by atoms with van der Waals surface area (Å²) in [5.74, 6) is 1.78. The SMILES string of the molecule is CCC(CC(C)c1ccc2c(c1)c1ccccc1n2-c1ccc2c(c1)oc1ccc(-n3c4ccccc4c4ccccc43)cc12)c1ccc(-c2nccn2-c2c(C)cc(C)cc2C)cc1. The highest BCUT2D eigenvalue weighted by Crippen LogP contribution is 2.40. The number of benzene rings is 8. The maximum absolute atomic E-state index is 6.63. The Balaban J connectivity index is 0.851. The van der Waals surface area contributed by atoms with Crippen LogP contribution in [0.4, 0.5) is 0 Å². The average Bonchev–Trinajstić information content (AvgIpc) is 4.11. The number of nitrogens with zero attached hydrogens (tertiary/aromatic N) is 4. The number of hydrogen-bond acceptors (Lipinski definition) is 2. The lowest BCUT2D eigenvalue weighted by atomic mass is 9.84. The van der Waals surface area contributed by atoms with E-state index < -0.39 is 0 Å². The van der Waals surface area contributed by atoms with Gasteiger partial charge in [-0.3, -0.25) is 4.57 Å². The number of aromatic nitrogens is 4. The molecule has 4 aromatic heterocycles. The summed E-state index contributed by atoms with van der Waals surface area (Å²) in [5, 5.41) is 7.28. The number of para-hydroxylation sites is 3. The zero-order chi connectivity index (χ0) is 43.9. The van der Waals surface area contributed by atoms with Crippen LogP contribution >= 0.6 is 0 Å². The molecule has 8 aromatic carbocycles. The Kier molecular flexibility index (Phi) is 9.16. The Morgan fingerprint density at radius 2 is 1.11 bits per heavy atom. The minimum atomic E-state index is 0.372.